The van der Waals surface area contributed by atoms with Gasteiger partial charge >= 0.3 is 0 Å². The summed E-state index contributed by atoms with van der Waals surface area (Å²) in [5, 5.41) is 0.957. The highest BCUT2D eigenvalue weighted by atomic mass is 35.5. The molecule has 0 N–H and O–H groups in total. The number of ether oxygens (including phenoxy) is 1. The topological polar surface area (TPSA) is 35.0 Å². The summed E-state index contributed by atoms with van der Waals surface area (Å²) in [7, 11) is 0. The zero-order chi connectivity index (χ0) is 12.3. The van der Waals surface area contributed by atoms with Crippen molar-refractivity contribution in [2.45, 2.75) is 6.92 Å². The SMILES string of the molecule is CCOc1ccc(-c2cc(Cl)ncn2)cc1Cl. The molecule has 0 aliphatic rings. The van der Waals surface area contributed by atoms with Crippen LogP contribution in [-0.2, 0) is 0 Å². The van der Waals surface area contributed by atoms with Crippen LogP contribution in [0.1, 0.15) is 6.92 Å². The van der Waals surface area contributed by atoms with Crippen molar-refractivity contribution >= 4 is 23.2 Å². The first-order valence-electron chi connectivity index (χ1n) is 5.11. The molecule has 0 unspecified atom stereocenters. The van der Waals surface area contributed by atoms with Crippen molar-refractivity contribution in [3.8, 4) is 17.0 Å². The second kappa shape index (κ2) is 5.34. The Morgan fingerprint density at radius 1 is 1.18 bits per heavy atom. The largest absolute Gasteiger partial charge is 0.492 e. The van der Waals surface area contributed by atoms with Crippen molar-refractivity contribution in [2.24, 2.45) is 0 Å². The lowest BCUT2D eigenvalue weighted by atomic mass is 10.1. The molecule has 0 saturated heterocycles. The molecule has 2 aromatic rings. The second-order valence-corrected chi connectivity index (χ2v) is 4.10. The summed E-state index contributed by atoms with van der Waals surface area (Å²) in [6.07, 6.45) is 1.42. The Balaban J connectivity index is 2.37. The summed E-state index contributed by atoms with van der Waals surface area (Å²) >= 11 is 11.9. The molecule has 0 bridgehead atoms. The second-order valence-electron chi connectivity index (χ2n) is 3.30. The van der Waals surface area contributed by atoms with Gasteiger partial charge in [0.25, 0.3) is 0 Å². The Morgan fingerprint density at radius 3 is 2.65 bits per heavy atom. The Morgan fingerprint density at radius 2 is 2.00 bits per heavy atom. The van der Waals surface area contributed by atoms with Crippen LogP contribution in [0.2, 0.25) is 10.2 Å². The van der Waals surface area contributed by atoms with Crippen molar-refractivity contribution < 1.29 is 4.74 Å². The summed E-state index contributed by atoms with van der Waals surface area (Å²) in [6.45, 7) is 2.49. The van der Waals surface area contributed by atoms with E-state index in [-0.39, 0.29) is 0 Å². The van der Waals surface area contributed by atoms with Crippen LogP contribution in [0.15, 0.2) is 30.6 Å². The van der Waals surface area contributed by atoms with Crippen molar-refractivity contribution in [1.29, 1.82) is 0 Å². The molecule has 88 valence electrons. The van der Waals surface area contributed by atoms with Gasteiger partial charge in [-0.25, -0.2) is 9.97 Å². The number of aromatic nitrogens is 2. The third-order valence-corrected chi connectivity index (χ3v) is 2.66. The van der Waals surface area contributed by atoms with Gasteiger partial charge in [-0.3, -0.25) is 0 Å². The molecule has 1 heterocycles. The van der Waals surface area contributed by atoms with Crippen molar-refractivity contribution in [3.05, 3.63) is 40.8 Å². The van der Waals surface area contributed by atoms with E-state index in [0.717, 1.165) is 11.3 Å². The Hall–Kier alpha value is -1.32. The summed E-state index contributed by atoms with van der Waals surface area (Å²) < 4.78 is 5.36. The number of hydrogen-bond acceptors (Lipinski definition) is 3. The van der Waals surface area contributed by atoms with E-state index in [9.17, 15) is 0 Å². The average Bonchev–Trinajstić information content (AvgIpc) is 2.32. The number of rotatable bonds is 3. The number of benzene rings is 1. The molecule has 0 aliphatic heterocycles. The van der Waals surface area contributed by atoms with Gasteiger partial charge in [0.2, 0.25) is 0 Å². The Kier molecular flexibility index (Phi) is 3.82. The maximum atomic E-state index is 6.10. The van der Waals surface area contributed by atoms with E-state index in [1.165, 1.54) is 6.33 Å². The molecule has 5 heteroatoms. The standard InChI is InChI=1S/C12H10Cl2N2O/c1-2-17-11-4-3-8(5-9(11)13)10-6-12(14)16-7-15-10/h3-7H,2H2,1H3. The molecule has 1 aromatic carbocycles. The minimum absolute atomic E-state index is 0.403. The number of hydrogen-bond donors (Lipinski definition) is 0. The fourth-order valence-electron chi connectivity index (χ4n) is 1.42. The molecular formula is C12H10Cl2N2O. The number of nitrogens with zero attached hydrogens (tertiary/aromatic N) is 2. The first kappa shape index (κ1) is 12.1. The lowest BCUT2D eigenvalue weighted by Crippen LogP contribution is -1.92. The monoisotopic (exact) mass is 268 g/mol. The highest BCUT2D eigenvalue weighted by molar-refractivity contribution is 6.32. The summed E-state index contributed by atoms with van der Waals surface area (Å²) in [4.78, 5) is 7.96. The summed E-state index contributed by atoms with van der Waals surface area (Å²) in [5.74, 6) is 0.665. The van der Waals surface area contributed by atoms with Crippen LogP contribution in [0, 0.1) is 0 Å². The third kappa shape index (κ3) is 2.87. The van der Waals surface area contributed by atoms with Crippen LogP contribution in [0.3, 0.4) is 0 Å². The zero-order valence-corrected chi connectivity index (χ0v) is 10.7. The van der Waals surface area contributed by atoms with E-state index in [2.05, 4.69) is 9.97 Å². The van der Waals surface area contributed by atoms with Crippen LogP contribution < -0.4 is 4.74 Å². The summed E-state index contributed by atoms with van der Waals surface area (Å²) in [5.41, 5.74) is 1.61. The molecule has 0 spiro atoms. The molecule has 0 fully saturated rings. The van der Waals surface area contributed by atoms with Crippen LogP contribution >= 0.6 is 23.2 Å². The van der Waals surface area contributed by atoms with Crippen LogP contribution in [-0.4, -0.2) is 16.6 Å². The lowest BCUT2D eigenvalue weighted by molar-refractivity contribution is 0.340. The fourth-order valence-corrected chi connectivity index (χ4v) is 1.81. The van der Waals surface area contributed by atoms with Crippen molar-refractivity contribution in [3.63, 3.8) is 0 Å². The molecular weight excluding hydrogens is 259 g/mol. The van der Waals surface area contributed by atoms with E-state index in [4.69, 9.17) is 27.9 Å². The van der Waals surface area contributed by atoms with Gasteiger partial charge in [-0.05, 0) is 25.1 Å². The molecule has 0 amide bonds. The lowest BCUT2D eigenvalue weighted by Gasteiger charge is -2.07. The minimum Gasteiger partial charge on any atom is -0.492 e. The molecule has 3 nitrogen and oxygen atoms in total. The van der Waals surface area contributed by atoms with E-state index >= 15 is 0 Å². The minimum atomic E-state index is 0.403. The Labute approximate surface area is 109 Å². The van der Waals surface area contributed by atoms with Gasteiger partial charge in [0.15, 0.2) is 0 Å². The highest BCUT2D eigenvalue weighted by Gasteiger charge is 2.06. The highest BCUT2D eigenvalue weighted by Crippen LogP contribution is 2.29. The van der Waals surface area contributed by atoms with E-state index in [1.54, 1.807) is 12.1 Å². The quantitative estimate of drug-likeness (QED) is 0.794. The average molecular weight is 269 g/mol. The van der Waals surface area contributed by atoms with E-state index < -0.39 is 0 Å². The maximum Gasteiger partial charge on any atom is 0.137 e. The van der Waals surface area contributed by atoms with Gasteiger partial charge in [0.05, 0.1) is 17.3 Å². The van der Waals surface area contributed by atoms with Gasteiger partial charge in [-0.1, -0.05) is 23.2 Å². The van der Waals surface area contributed by atoms with Gasteiger partial charge < -0.3 is 4.74 Å². The van der Waals surface area contributed by atoms with Crippen LogP contribution in [0.4, 0.5) is 0 Å². The molecule has 17 heavy (non-hydrogen) atoms. The number of halogens is 2. The molecule has 0 saturated carbocycles. The van der Waals surface area contributed by atoms with Crippen molar-refractivity contribution in [1.82, 2.24) is 9.97 Å². The predicted molar refractivity (Wildman–Crippen MR) is 68.7 cm³/mol. The fraction of sp³-hybridized carbons (Fsp3) is 0.167. The molecule has 0 aliphatic carbocycles. The van der Waals surface area contributed by atoms with Gasteiger partial charge in [-0.15, -0.1) is 0 Å². The smallest absolute Gasteiger partial charge is 0.137 e. The summed E-state index contributed by atoms with van der Waals surface area (Å²) in [6, 6.07) is 7.19. The Bertz CT molecular complexity index is 532. The van der Waals surface area contributed by atoms with Gasteiger partial charge in [-0.2, -0.15) is 0 Å². The van der Waals surface area contributed by atoms with Gasteiger partial charge in [0, 0.05) is 11.6 Å². The molecule has 0 atom stereocenters. The molecule has 1 aromatic heterocycles. The maximum absolute atomic E-state index is 6.10. The predicted octanol–water partition coefficient (Wildman–Crippen LogP) is 3.85. The normalized spacial score (nSPS) is 10.3. The van der Waals surface area contributed by atoms with Crippen LogP contribution in [0.5, 0.6) is 5.75 Å². The first-order chi connectivity index (χ1) is 8.20. The van der Waals surface area contributed by atoms with E-state index in [1.807, 2.05) is 19.1 Å². The molecule has 2 rings (SSSR count). The zero-order valence-electron chi connectivity index (χ0n) is 9.15. The van der Waals surface area contributed by atoms with Crippen LogP contribution in [0.25, 0.3) is 11.3 Å². The first-order valence-corrected chi connectivity index (χ1v) is 5.86. The van der Waals surface area contributed by atoms with Crippen molar-refractivity contribution in [2.75, 3.05) is 6.61 Å². The third-order valence-electron chi connectivity index (χ3n) is 2.16. The van der Waals surface area contributed by atoms with Gasteiger partial charge in [0.1, 0.15) is 17.2 Å². The van der Waals surface area contributed by atoms with E-state index in [0.29, 0.717) is 22.5 Å². The molecule has 0 radical (unpaired) electrons.